The normalized spacial score (nSPS) is 20.4. The zero-order valence-corrected chi connectivity index (χ0v) is 30.0. The Bertz CT molecular complexity index is 1640. The van der Waals surface area contributed by atoms with Gasteiger partial charge in [0.2, 0.25) is 5.91 Å². The number of carbonyl (C=O) groups excluding carboxylic acids is 1. The van der Waals surface area contributed by atoms with Crippen molar-refractivity contribution in [1.29, 1.82) is 0 Å². The lowest BCUT2D eigenvalue weighted by molar-refractivity contribution is -0.138. The third-order valence-electron chi connectivity index (χ3n) is 10.3. The minimum atomic E-state index is -3.98. The number of halogens is 2. The van der Waals surface area contributed by atoms with Gasteiger partial charge in [0.25, 0.3) is 10.0 Å². The minimum absolute atomic E-state index is 0.0380. The molecule has 6 rings (SSSR count). The molecule has 0 aliphatic carbocycles. The quantitative estimate of drug-likeness (QED) is 0.243. The first-order chi connectivity index (χ1) is 23.2. The lowest BCUT2D eigenvalue weighted by atomic mass is 9.84. The lowest BCUT2D eigenvalue weighted by Gasteiger charge is -2.44. The summed E-state index contributed by atoms with van der Waals surface area (Å²) in [5.74, 6) is 0.508. The number of amides is 1. The average molecular weight is 714 g/mol. The van der Waals surface area contributed by atoms with Crippen LogP contribution in [0, 0.1) is 5.92 Å². The lowest BCUT2D eigenvalue weighted by Crippen LogP contribution is -2.53. The molecule has 0 spiro atoms. The Hall–Kier alpha value is -2.66. The molecule has 1 amide bonds. The van der Waals surface area contributed by atoms with E-state index in [2.05, 4.69) is 47.2 Å². The molecule has 0 bridgehead atoms. The van der Waals surface area contributed by atoms with Gasteiger partial charge >= 0.3 is 0 Å². The first-order valence-corrected chi connectivity index (χ1v) is 19.3. The number of rotatable bonds is 11. The van der Waals surface area contributed by atoms with Crippen molar-refractivity contribution < 1.29 is 17.9 Å². The predicted octanol–water partition coefficient (Wildman–Crippen LogP) is 6.01. The number of fused-ring (bicyclic) bond motifs is 1. The zero-order valence-electron chi connectivity index (χ0n) is 27.6. The second kappa shape index (κ2) is 15.9. The van der Waals surface area contributed by atoms with Gasteiger partial charge in [0.15, 0.2) is 0 Å². The van der Waals surface area contributed by atoms with Crippen molar-refractivity contribution in [2.75, 3.05) is 63.8 Å². The Balaban J connectivity index is 1.06. The van der Waals surface area contributed by atoms with E-state index in [9.17, 15) is 13.2 Å². The predicted molar refractivity (Wildman–Crippen MR) is 192 cm³/mol. The molecule has 3 aliphatic heterocycles. The number of anilines is 1. The number of hydrogen-bond donors (Lipinski definition) is 0. The molecule has 2 atom stereocenters. The number of benzene rings is 3. The Labute approximate surface area is 295 Å². The molecule has 0 N–H and O–H groups in total. The molecule has 2 fully saturated rings. The molecular formula is C37H46Cl2N4O4S. The molecule has 3 heterocycles. The largest absolute Gasteiger partial charge is 0.369 e. The van der Waals surface area contributed by atoms with Crippen molar-refractivity contribution in [1.82, 2.24) is 14.7 Å². The summed E-state index contributed by atoms with van der Waals surface area (Å²) in [6.07, 6.45) is 5.45. The van der Waals surface area contributed by atoms with Crippen LogP contribution in [0.3, 0.4) is 0 Å². The van der Waals surface area contributed by atoms with Crippen molar-refractivity contribution >= 4 is 44.8 Å². The Morgan fingerprint density at radius 3 is 2.31 bits per heavy atom. The molecule has 48 heavy (non-hydrogen) atoms. The fourth-order valence-corrected chi connectivity index (χ4v) is 9.63. The number of nitrogens with zero attached hydrogens (tertiary/aromatic N) is 4. The first kappa shape index (κ1) is 35.2. The Morgan fingerprint density at radius 1 is 0.875 bits per heavy atom. The van der Waals surface area contributed by atoms with Crippen LogP contribution in [-0.4, -0.2) is 101 Å². The zero-order chi connectivity index (χ0) is 33.7. The number of para-hydroxylation sites is 1. The second-order valence-electron chi connectivity index (χ2n) is 13.4. The summed E-state index contributed by atoms with van der Waals surface area (Å²) >= 11 is 12.3. The molecule has 0 saturated carbocycles. The van der Waals surface area contributed by atoms with Crippen LogP contribution in [0.2, 0.25) is 10.0 Å². The van der Waals surface area contributed by atoms with Crippen LogP contribution in [0.5, 0.6) is 0 Å². The van der Waals surface area contributed by atoms with Gasteiger partial charge in [0.05, 0.1) is 33.3 Å². The summed E-state index contributed by atoms with van der Waals surface area (Å²) in [4.78, 5) is 20.4. The summed E-state index contributed by atoms with van der Waals surface area (Å²) in [5, 5.41) is 0.468. The van der Waals surface area contributed by atoms with Gasteiger partial charge in [-0.25, -0.2) is 8.42 Å². The number of piperazine rings is 1. The maximum absolute atomic E-state index is 14.0. The van der Waals surface area contributed by atoms with Crippen molar-refractivity contribution in [2.24, 2.45) is 5.92 Å². The molecular weight excluding hydrogens is 667 g/mol. The molecule has 0 radical (unpaired) electrons. The molecule has 3 aromatic carbocycles. The van der Waals surface area contributed by atoms with Crippen LogP contribution >= 0.6 is 23.2 Å². The summed E-state index contributed by atoms with van der Waals surface area (Å²) in [5.41, 5.74) is 2.96. The van der Waals surface area contributed by atoms with Gasteiger partial charge in [-0.05, 0) is 86.9 Å². The van der Waals surface area contributed by atoms with Gasteiger partial charge in [-0.2, -0.15) is 0 Å². The highest BCUT2D eigenvalue weighted by atomic mass is 35.5. The number of likely N-dealkylation sites (tertiary alicyclic amines) is 1. The van der Waals surface area contributed by atoms with Gasteiger partial charge in [-0.15, -0.1) is 0 Å². The molecule has 3 aromatic rings. The van der Waals surface area contributed by atoms with Crippen molar-refractivity contribution in [2.45, 2.75) is 55.5 Å². The van der Waals surface area contributed by atoms with Gasteiger partial charge in [-0.3, -0.25) is 14.0 Å². The van der Waals surface area contributed by atoms with Gasteiger partial charge < -0.3 is 14.5 Å². The van der Waals surface area contributed by atoms with E-state index in [0.717, 1.165) is 76.9 Å². The highest BCUT2D eigenvalue weighted by molar-refractivity contribution is 7.92. The maximum Gasteiger partial charge on any atom is 0.264 e. The van der Waals surface area contributed by atoms with E-state index >= 15 is 0 Å². The first-order valence-electron chi connectivity index (χ1n) is 17.1. The van der Waals surface area contributed by atoms with Gasteiger partial charge in [0.1, 0.15) is 6.61 Å². The number of hydrogen-bond acceptors (Lipinski definition) is 6. The highest BCUT2D eigenvalue weighted by Gasteiger charge is 2.37. The minimum Gasteiger partial charge on any atom is -0.369 e. The second-order valence-corrected chi connectivity index (χ2v) is 16.0. The van der Waals surface area contributed by atoms with E-state index in [4.69, 9.17) is 27.9 Å². The van der Waals surface area contributed by atoms with Crippen molar-refractivity contribution in [3.8, 4) is 0 Å². The molecule has 2 saturated heterocycles. The van der Waals surface area contributed by atoms with Gasteiger partial charge in [-0.1, -0.05) is 71.7 Å². The summed E-state index contributed by atoms with van der Waals surface area (Å²) in [7, 11) is -1.78. The fraction of sp³-hybridized carbons (Fsp3) is 0.486. The fourth-order valence-electron chi connectivity index (χ4n) is 7.54. The standard InChI is InChI=1S/C37H46Cl2N4O4S/c1-40-21-23-41(24-22-40)35(16-11-28-7-3-2-4-8-28)30-17-19-42(20-18-30)37(44)27-47-26-31-13-12-29-9-5-6-10-36(29)43(31)48(45,46)32-14-15-33(38)34(39)25-32/h2-10,14-15,25,30-31,35H,11-13,16-24,26-27H2,1H3. The molecule has 0 aromatic heterocycles. The maximum atomic E-state index is 14.0. The number of aryl methyl sites for hydroxylation is 2. The monoisotopic (exact) mass is 712 g/mol. The van der Waals surface area contributed by atoms with Gasteiger partial charge in [0, 0.05) is 45.3 Å². The topological polar surface area (TPSA) is 73.4 Å². The van der Waals surface area contributed by atoms with E-state index in [0.29, 0.717) is 29.1 Å². The molecule has 258 valence electrons. The van der Waals surface area contributed by atoms with Crippen LogP contribution < -0.4 is 4.31 Å². The Morgan fingerprint density at radius 2 is 1.58 bits per heavy atom. The van der Waals surface area contributed by atoms with Crippen LogP contribution in [0.25, 0.3) is 0 Å². The summed E-state index contributed by atoms with van der Waals surface area (Å²) < 4.78 is 35.5. The van der Waals surface area contributed by atoms with Crippen LogP contribution in [0.1, 0.15) is 36.8 Å². The number of piperidine rings is 1. The van der Waals surface area contributed by atoms with Crippen LogP contribution in [-0.2, 0) is 32.4 Å². The molecule has 3 aliphatic rings. The van der Waals surface area contributed by atoms with E-state index in [1.165, 1.54) is 28.1 Å². The smallest absolute Gasteiger partial charge is 0.264 e. The number of likely N-dealkylation sites (N-methyl/N-ethyl adjacent to an activating group) is 1. The molecule has 2 unspecified atom stereocenters. The van der Waals surface area contributed by atoms with E-state index in [1.807, 2.05) is 29.2 Å². The third-order valence-corrected chi connectivity index (χ3v) is 12.9. The Kier molecular flexibility index (Phi) is 11.7. The third kappa shape index (κ3) is 8.20. The summed E-state index contributed by atoms with van der Waals surface area (Å²) in [6.45, 7) is 5.85. The SMILES string of the molecule is CN1CCN(C(CCc2ccccc2)C2CCN(C(=O)COCC3CCc4ccccc4N3S(=O)(=O)c3ccc(Cl)c(Cl)c3)CC2)CC1. The van der Waals surface area contributed by atoms with Crippen LogP contribution in [0.15, 0.2) is 77.7 Å². The van der Waals surface area contributed by atoms with E-state index < -0.39 is 16.1 Å². The number of carbonyl (C=O) groups is 1. The highest BCUT2D eigenvalue weighted by Crippen LogP contribution is 2.37. The molecule has 8 nitrogen and oxygen atoms in total. The van der Waals surface area contributed by atoms with E-state index in [1.54, 1.807) is 0 Å². The van der Waals surface area contributed by atoms with Crippen molar-refractivity contribution in [3.05, 3.63) is 94.0 Å². The van der Waals surface area contributed by atoms with Crippen molar-refractivity contribution in [3.63, 3.8) is 0 Å². The average Bonchev–Trinajstić information content (AvgIpc) is 3.10. The summed E-state index contributed by atoms with van der Waals surface area (Å²) in [6, 6.07) is 22.7. The van der Waals surface area contributed by atoms with E-state index in [-0.39, 0.29) is 29.0 Å². The number of ether oxygens (including phenoxy) is 1. The van der Waals surface area contributed by atoms with Crippen LogP contribution in [0.4, 0.5) is 5.69 Å². The molecule has 11 heteroatoms. The number of sulfonamides is 1.